The largest absolute Gasteiger partial charge is 0.297 e. The Hall–Kier alpha value is 0.620. The van der Waals surface area contributed by atoms with Gasteiger partial charge < -0.3 is 0 Å². The van der Waals surface area contributed by atoms with Crippen molar-refractivity contribution in [2.24, 2.45) is 0 Å². The zero-order chi connectivity index (χ0) is 4.28. The first-order chi connectivity index (χ1) is 2.27. The van der Waals surface area contributed by atoms with Crippen LogP contribution in [0.2, 0.25) is 0 Å². The second-order valence-corrected chi connectivity index (χ2v) is 4.62. The molecule has 0 aromatic heterocycles. The van der Waals surface area contributed by atoms with Gasteiger partial charge in [-0.25, -0.2) is 0 Å². The third-order valence-corrected chi connectivity index (χ3v) is 1.27. The molecule has 0 fully saturated rings. The molecule has 0 radical (unpaired) electrons. The maximum absolute atomic E-state index is 9.44. The van der Waals surface area contributed by atoms with Crippen molar-refractivity contribution in [1.82, 2.24) is 0 Å². The first-order valence-electron chi connectivity index (χ1n) is 0.799. The Morgan fingerprint density at radius 3 is 2.00 bits per heavy atom. The number of rotatable bonds is 1. The molecule has 0 saturated heterocycles. The van der Waals surface area contributed by atoms with Crippen LogP contribution in [0.3, 0.4) is 0 Å². The van der Waals surface area contributed by atoms with Crippen LogP contribution in [0.15, 0.2) is 0 Å². The Morgan fingerprint density at radius 1 is 1.80 bits per heavy atom. The molecule has 0 heterocycles. The van der Waals surface area contributed by atoms with Gasteiger partial charge in [0.05, 0.1) is 0 Å². The smallest absolute Gasteiger partial charge is 0.244 e. The van der Waals surface area contributed by atoms with Crippen molar-refractivity contribution in [3.8, 4) is 0 Å². The molecule has 0 spiro atoms. The summed E-state index contributed by atoms with van der Waals surface area (Å²) in [4.78, 5) is 0. The summed E-state index contributed by atoms with van der Waals surface area (Å²) in [6.07, 6.45) is 0. The molecule has 30 valence electrons. The van der Waals surface area contributed by atoms with E-state index in [4.69, 9.17) is 0 Å². The van der Waals surface area contributed by atoms with E-state index in [1.165, 1.54) is 0 Å². The molecule has 2 nitrogen and oxygen atoms in total. The minimum Gasteiger partial charge on any atom is -0.297 e. The standard InChI is InChI=1S/ClHO2P2/c1-5(3)4-2/h5H. The fourth-order valence-corrected chi connectivity index (χ4v) is 0. The molecule has 5 heteroatoms. The molecule has 0 rings (SSSR count). The van der Waals surface area contributed by atoms with Crippen molar-refractivity contribution < 1.29 is 9.13 Å². The van der Waals surface area contributed by atoms with Gasteiger partial charge in [-0.1, -0.05) is 0 Å². The Morgan fingerprint density at radius 2 is 2.00 bits per heavy atom. The molecule has 0 aliphatic carbocycles. The van der Waals surface area contributed by atoms with E-state index >= 15 is 0 Å². The molecule has 0 bridgehead atoms. The van der Waals surface area contributed by atoms with Gasteiger partial charge in [-0.15, -0.1) is 0 Å². The van der Waals surface area contributed by atoms with E-state index in [1.807, 2.05) is 0 Å². The quantitative estimate of drug-likeness (QED) is 0.508. The summed E-state index contributed by atoms with van der Waals surface area (Å²) in [5.41, 5.74) is 0. The molecule has 0 amide bonds. The zero-order valence-electron chi connectivity index (χ0n) is 2.14. The van der Waals surface area contributed by atoms with Crippen LogP contribution in [-0.2, 0) is 9.13 Å². The normalized spacial score (nSPS) is 15.4. The third kappa shape index (κ3) is 4.62. The minimum absolute atomic E-state index is 0.441. The maximum atomic E-state index is 9.44. The van der Waals surface area contributed by atoms with E-state index in [0.29, 0.717) is 0 Å². The first kappa shape index (κ1) is 5.62. The van der Waals surface area contributed by atoms with E-state index in [0.717, 1.165) is 0 Å². The fraction of sp³-hybridized carbons (Fsp3) is 0. The Kier molecular flexibility index (Phi) is 3.19. The summed E-state index contributed by atoms with van der Waals surface area (Å²) < 4.78 is 18.6. The Balaban J connectivity index is 3.20. The lowest BCUT2D eigenvalue weighted by Crippen LogP contribution is -1.02. The molecule has 0 N–H and O–H groups in total. The van der Waals surface area contributed by atoms with Gasteiger partial charge in [0.25, 0.3) is 0 Å². The monoisotopic (exact) mass is 130 g/mol. The number of halogens is 1. The van der Waals surface area contributed by atoms with Gasteiger partial charge in [0, 0.05) is 0 Å². The van der Waals surface area contributed by atoms with Crippen LogP contribution in [0.5, 0.6) is 0 Å². The van der Waals surface area contributed by atoms with Gasteiger partial charge in [0.1, 0.15) is 0 Å². The van der Waals surface area contributed by atoms with Crippen LogP contribution in [0.25, 0.3) is 0 Å². The molecule has 1 unspecified atom stereocenters. The molecule has 0 saturated carbocycles. The van der Waals surface area contributed by atoms with Crippen LogP contribution < -0.4 is 0 Å². The van der Waals surface area contributed by atoms with E-state index < -0.39 is 15.0 Å². The second-order valence-electron chi connectivity index (χ2n) is 0.344. The van der Waals surface area contributed by atoms with Crippen LogP contribution in [0.4, 0.5) is 0 Å². The van der Waals surface area contributed by atoms with Gasteiger partial charge in [0.2, 0.25) is 15.0 Å². The van der Waals surface area contributed by atoms with Gasteiger partial charge in [0.15, 0.2) is 0 Å². The van der Waals surface area contributed by atoms with Crippen molar-refractivity contribution in [3.05, 3.63) is 0 Å². The highest BCUT2D eigenvalue weighted by Crippen LogP contribution is 2.40. The lowest BCUT2D eigenvalue weighted by molar-refractivity contribution is 0.590. The Labute approximate surface area is 36.2 Å². The molecule has 0 aliphatic rings. The lowest BCUT2D eigenvalue weighted by atomic mass is 16.0. The predicted molar refractivity (Wildman–Crippen MR) is 22.5 cm³/mol. The minimum atomic E-state index is -2.24. The van der Waals surface area contributed by atoms with Crippen molar-refractivity contribution in [2.45, 2.75) is 0 Å². The molecule has 0 aromatic carbocycles. The number of hydrogen-bond acceptors (Lipinski definition) is 2. The molecule has 0 aromatic rings. The highest BCUT2D eigenvalue weighted by molar-refractivity contribution is 8.22. The average molecular weight is 130 g/mol. The molecule has 1 atom stereocenters. The molecular formula is HClO2P2. The highest BCUT2D eigenvalue weighted by Gasteiger charge is 1.79. The number of hydrogen-bond donors (Lipinski definition) is 0. The van der Waals surface area contributed by atoms with Crippen LogP contribution in [0, 0.1) is 0 Å². The van der Waals surface area contributed by atoms with Crippen molar-refractivity contribution in [3.63, 3.8) is 0 Å². The zero-order valence-corrected chi connectivity index (χ0v) is 4.79. The molecular weight excluding hydrogens is 129 g/mol. The van der Waals surface area contributed by atoms with Crippen molar-refractivity contribution in [2.75, 3.05) is 0 Å². The Bertz CT molecular complexity index is 58.7. The summed E-state index contributed by atoms with van der Waals surface area (Å²) in [5.74, 6) is 0. The third-order valence-electron chi connectivity index (χ3n) is 0.0718. The van der Waals surface area contributed by atoms with Crippen molar-refractivity contribution >= 4 is 26.2 Å². The average Bonchev–Trinajstić information content (AvgIpc) is 1.38. The van der Waals surface area contributed by atoms with Crippen LogP contribution in [0.1, 0.15) is 0 Å². The van der Waals surface area contributed by atoms with Crippen LogP contribution in [-0.4, -0.2) is 0 Å². The van der Waals surface area contributed by atoms with Gasteiger partial charge in [-0.2, -0.15) is 0 Å². The SMILES string of the molecule is O=P[PH](=O)Cl. The molecule has 5 heavy (non-hydrogen) atoms. The van der Waals surface area contributed by atoms with E-state index in [-0.39, 0.29) is 0 Å². The fourth-order valence-electron chi connectivity index (χ4n) is 0. The van der Waals surface area contributed by atoms with E-state index in [2.05, 4.69) is 11.2 Å². The van der Waals surface area contributed by atoms with Crippen LogP contribution >= 0.6 is 26.2 Å². The van der Waals surface area contributed by atoms with Gasteiger partial charge in [-0.05, 0) is 11.2 Å². The summed E-state index contributed by atoms with van der Waals surface area (Å²) >= 11 is 4.68. The van der Waals surface area contributed by atoms with Gasteiger partial charge in [-0.3, -0.25) is 9.13 Å². The first-order valence-corrected chi connectivity index (χ1v) is 4.87. The van der Waals surface area contributed by atoms with Gasteiger partial charge >= 0.3 is 0 Å². The van der Waals surface area contributed by atoms with E-state index in [1.54, 1.807) is 0 Å². The topological polar surface area (TPSA) is 34.1 Å². The van der Waals surface area contributed by atoms with E-state index in [9.17, 15) is 9.13 Å². The molecule has 0 aliphatic heterocycles. The maximum Gasteiger partial charge on any atom is 0.244 e. The second kappa shape index (κ2) is 2.84. The lowest BCUT2D eigenvalue weighted by Gasteiger charge is -1.54. The highest BCUT2D eigenvalue weighted by atomic mass is 35.7. The van der Waals surface area contributed by atoms with Crippen molar-refractivity contribution in [1.29, 1.82) is 0 Å². The summed E-state index contributed by atoms with van der Waals surface area (Å²) in [6, 6.07) is 0. The summed E-state index contributed by atoms with van der Waals surface area (Å²) in [7, 11) is -0.441. The summed E-state index contributed by atoms with van der Waals surface area (Å²) in [5, 5.41) is 0. The summed E-state index contributed by atoms with van der Waals surface area (Å²) in [6.45, 7) is -2.24. The predicted octanol–water partition coefficient (Wildman–Crippen LogP) is 1.91.